The second-order valence-electron chi connectivity index (χ2n) is 11.7. The molecule has 0 aliphatic rings. The van der Waals surface area contributed by atoms with Gasteiger partial charge in [-0.15, -0.1) is 0 Å². The van der Waals surface area contributed by atoms with Crippen molar-refractivity contribution in [3.05, 3.63) is 65.7 Å². The van der Waals surface area contributed by atoms with Crippen molar-refractivity contribution in [3.8, 4) is 5.75 Å². The molecule has 0 aliphatic carbocycles. The van der Waals surface area contributed by atoms with E-state index in [9.17, 15) is 39.0 Å². The zero-order valence-corrected chi connectivity index (χ0v) is 27.1. The van der Waals surface area contributed by atoms with Gasteiger partial charge in [0, 0.05) is 12.8 Å². The predicted molar refractivity (Wildman–Crippen MR) is 174 cm³/mol. The largest absolute Gasteiger partial charge is 0.508 e. The Morgan fingerprint density at radius 3 is 1.79 bits per heavy atom. The minimum absolute atomic E-state index is 0.000651. The van der Waals surface area contributed by atoms with Crippen LogP contribution in [0.3, 0.4) is 0 Å². The van der Waals surface area contributed by atoms with Crippen molar-refractivity contribution in [2.75, 3.05) is 13.1 Å². The zero-order chi connectivity index (χ0) is 35.1. The van der Waals surface area contributed by atoms with E-state index in [1.807, 2.05) is 0 Å². The number of nitrogens with one attached hydrogen (secondary N) is 5. The topological polar surface area (TPSA) is 229 Å². The molecule has 2 aromatic rings. The van der Waals surface area contributed by atoms with E-state index in [4.69, 9.17) is 5.73 Å². The van der Waals surface area contributed by atoms with Crippen LogP contribution in [-0.2, 0) is 41.6 Å². The smallest absolute Gasteiger partial charge is 0.326 e. The average molecular weight is 655 g/mol. The van der Waals surface area contributed by atoms with E-state index >= 15 is 0 Å². The summed E-state index contributed by atoms with van der Waals surface area (Å²) in [5.41, 5.74) is 6.61. The normalized spacial score (nSPS) is 14.1. The molecule has 0 spiro atoms. The molecule has 9 N–H and O–H groups in total. The maximum atomic E-state index is 13.7. The van der Waals surface area contributed by atoms with Crippen LogP contribution in [0.2, 0.25) is 0 Å². The SMILES string of the molecule is CC[C@H](C)[C@H](NC(=O)[C@H](Cc1ccc(O)cc1)NC(=O)[C@H](Cc1ccccc1)NC(=O)CNC(=O)[C@@H](NC(=O)CN)C(C)C)C(=O)O. The van der Waals surface area contributed by atoms with E-state index in [0.29, 0.717) is 17.5 Å². The number of amides is 5. The van der Waals surface area contributed by atoms with Gasteiger partial charge in [-0.3, -0.25) is 24.0 Å². The summed E-state index contributed by atoms with van der Waals surface area (Å²) in [6.45, 7) is 6.09. The van der Waals surface area contributed by atoms with E-state index < -0.39 is 72.1 Å². The molecule has 14 nitrogen and oxygen atoms in total. The lowest BCUT2D eigenvalue weighted by Gasteiger charge is -2.26. The second kappa shape index (κ2) is 18.9. The van der Waals surface area contributed by atoms with Gasteiger partial charge in [0.1, 0.15) is 29.9 Å². The second-order valence-corrected chi connectivity index (χ2v) is 11.7. The molecule has 47 heavy (non-hydrogen) atoms. The van der Waals surface area contributed by atoms with Gasteiger partial charge in [0.15, 0.2) is 0 Å². The third kappa shape index (κ3) is 12.7. The van der Waals surface area contributed by atoms with Crippen molar-refractivity contribution in [1.29, 1.82) is 0 Å². The molecular formula is C33H46N6O8. The highest BCUT2D eigenvalue weighted by Crippen LogP contribution is 2.14. The van der Waals surface area contributed by atoms with Crippen LogP contribution >= 0.6 is 0 Å². The number of carboxylic acid groups (broad SMARTS) is 1. The fraction of sp³-hybridized carbons (Fsp3) is 0.455. The average Bonchev–Trinajstić information content (AvgIpc) is 3.04. The highest BCUT2D eigenvalue weighted by atomic mass is 16.4. The molecule has 2 rings (SSSR count). The summed E-state index contributed by atoms with van der Waals surface area (Å²) < 4.78 is 0. The van der Waals surface area contributed by atoms with Gasteiger partial charge in [-0.25, -0.2) is 4.79 Å². The highest BCUT2D eigenvalue weighted by Gasteiger charge is 2.32. The number of carbonyl (C=O) groups is 6. The fourth-order valence-corrected chi connectivity index (χ4v) is 4.64. The van der Waals surface area contributed by atoms with Crippen molar-refractivity contribution in [3.63, 3.8) is 0 Å². The lowest BCUT2D eigenvalue weighted by molar-refractivity contribution is -0.143. The van der Waals surface area contributed by atoms with E-state index in [1.54, 1.807) is 70.2 Å². The van der Waals surface area contributed by atoms with Crippen molar-refractivity contribution >= 4 is 35.5 Å². The lowest BCUT2D eigenvalue weighted by atomic mass is 9.97. The highest BCUT2D eigenvalue weighted by molar-refractivity contribution is 5.95. The number of carbonyl (C=O) groups excluding carboxylic acids is 5. The first-order chi connectivity index (χ1) is 22.2. The van der Waals surface area contributed by atoms with Gasteiger partial charge in [0.25, 0.3) is 0 Å². The maximum Gasteiger partial charge on any atom is 0.326 e. The van der Waals surface area contributed by atoms with E-state index in [2.05, 4.69) is 26.6 Å². The Morgan fingerprint density at radius 2 is 1.26 bits per heavy atom. The first-order valence-electron chi connectivity index (χ1n) is 15.5. The van der Waals surface area contributed by atoms with Crippen molar-refractivity contribution in [2.24, 2.45) is 17.6 Å². The van der Waals surface area contributed by atoms with Gasteiger partial charge < -0.3 is 42.5 Å². The molecule has 0 aliphatic heterocycles. The van der Waals surface area contributed by atoms with E-state index in [1.165, 1.54) is 12.1 Å². The maximum absolute atomic E-state index is 13.7. The number of nitrogens with two attached hydrogens (primary N) is 1. The number of rotatable bonds is 18. The van der Waals surface area contributed by atoms with Gasteiger partial charge in [-0.2, -0.15) is 0 Å². The number of aliphatic carboxylic acids is 1. The van der Waals surface area contributed by atoms with E-state index in [-0.39, 0.29) is 31.1 Å². The van der Waals surface area contributed by atoms with Crippen LogP contribution in [0.25, 0.3) is 0 Å². The minimum atomic E-state index is -1.24. The number of carboxylic acids is 1. The van der Waals surface area contributed by atoms with Crippen LogP contribution in [0.1, 0.15) is 45.2 Å². The Balaban J connectivity index is 2.29. The molecule has 0 aromatic heterocycles. The van der Waals surface area contributed by atoms with Crippen LogP contribution in [0.4, 0.5) is 0 Å². The molecule has 0 heterocycles. The van der Waals surface area contributed by atoms with Crippen molar-refractivity contribution in [2.45, 2.75) is 71.1 Å². The number of aromatic hydroxyl groups is 1. The first-order valence-corrected chi connectivity index (χ1v) is 15.5. The van der Waals surface area contributed by atoms with Crippen LogP contribution in [-0.4, -0.2) is 83.0 Å². The van der Waals surface area contributed by atoms with Crippen LogP contribution < -0.4 is 32.3 Å². The predicted octanol–water partition coefficient (Wildman–Crippen LogP) is -0.0218. The molecule has 5 amide bonds. The Kier molecular flexibility index (Phi) is 15.3. The minimum Gasteiger partial charge on any atom is -0.508 e. The van der Waals surface area contributed by atoms with Crippen LogP contribution in [0.5, 0.6) is 5.75 Å². The van der Waals surface area contributed by atoms with Gasteiger partial charge in [-0.05, 0) is 35.1 Å². The molecule has 14 heteroatoms. The molecule has 0 unspecified atom stereocenters. The summed E-state index contributed by atoms with van der Waals surface area (Å²) in [6, 6.07) is 10.2. The Morgan fingerprint density at radius 1 is 0.702 bits per heavy atom. The van der Waals surface area contributed by atoms with E-state index in [0.717, 1.165) is 0 Å². The third-order valence-corrected chi connectivity index (χ3v) is 7.59. The monoisotopic (exact) mass is 654 g/mol. The summed E-state index contributed by atoms with van der Waals surface area (Å²) in [7, 11) is 0. The molecule has 0 saturated heterocycles. The summed E-state index contributed by atoms with van der Waals surface area (Å²) in [4.78, 5) is 76.7. The number of phenolic OH excluding ortho intramolecular Hbond substituents is 1. The first kappa shape index (κ1) is 38.2. The molecule has 0 bridgehead atoms. The molecule has 0 fully saturated rings. The van der Waals surface area contributed by atoms with Crippen LogP contribution in [0, 0.1) is 11.8 Å². The molecule has 0 saturated carbocycles. The van der Waals surface area contributed by atoms with Crippen molar-refractivity contribution in [1.82, 2.24) is 26.6 Å². The van der Waals surface area contributed by atoms with Crippen LogP contribution in [0.15, 0.2) is 54.6 Å². The zero-order valence-electron chi connectivity index (χ0n) is 27.1. The quantitative estimate of drug-likeness (QED) is 0.108. The Labute approximate surface area is 274 Å². The third-order valence-electron chi connectivity index (χ3n) is 7.59. The molecule has 0 radical (unpaired) electrons. The molecule has 2 aromatic carbocycles. The van der Waals surface area contributed by atoms with Gasteiger partial charge in [0.2, 0.25) is 29.5 Å². The lowest BCUT2D eigenvalue weighted by Crippen LogP contribution is -2.58. The number of benzene rings is 2. The summed E-state index contributed by atoms with van der Waals surface area (Å²) >= 11 is 0. The fourth-order valence-electron chi connectivity index (χ4n) is 4.64. The number of phenols is 1. The summed E-state index contributed by atoms with van der Waals surface area (Å²) in [6.07, 6.45) is 0.467. The molecule has 256 valence electrons. The summed E-state index contributed by atoms with van der Waals surface area (Å²) in [5.74, 6) is -5.24. The summed E-state index contributed by atoms with van der Waals surface area (Å²) in [5, 5.41) is 32.2. The standard InChI is InChI=1S/C33H46N6O8/c1-5-20(4)29(33(46)47)39-31(44)25(16-22-11-13-23(40)14-12-22)37-30(43)24(15-21-9-7-6-8-10-21)36-27(42)18-35-32(45)28(19(2)3)38-26(41)17-34/h6-14,19-20,24-25,28-29,40H,5,15-18,34H2,1-4H3,(H,35,45)(H,36,42)(H,37,43)(H,38,41)(H,39,44)(H,46,47)/t20-,24-,25-,28-,29-/m0/s1. The Hall–Kier alpha value is -4.98. The van der Waals surface area contributed by atoms with Crippen molar-refractivity contribution < 1.29 is 39.0 Å². The number of hydrogen-bond donors (Lipinski definition) is 8. The van der Waals surface area contributed by atoms with Gasteiger partial charge >= 0.3 is 5.97 Å². The van der Waals surface area contributed by atoms with Gasteiger partial charge in [-0.1, -0.05) is 76.6 Å². The molecular weight excluding hydrogens is 608 g/mol. The number of hydrogen-bond acceptors (Lipinski definition) is 8. The van der Waals surface area contributed by atoms with Gasteiger partial charge in [0.05, 0.1) is 13.1 Å². The Bertz CT molecular complexity index is 1370. The molecule has 5 atom stereocenters.